The summed E-state index contributed by atoms with van der Waals surface area (Å²) in [7, 11) is 1.57. The number of ether oxygens (including phenoxy) is 1. The summed E-state index contributed by atoms with van der Waals surface area (Å²) in [6.07, 6.45) is 0. The maximum Gasteiger partial charge on any atom is 0.319 e. The summed E-state index contributed by atoms with van der Waals surface area (Å²) in [6.45, 7) is 0.135. The molecule has 2 aromatic carbocycles. The Labute approximate surface area is 138 Å². The van der Waals surface area contributed by atoms with Crippen molar-refractivity contribution in [3.05, 3.63) is 60.5 Å². The molecule has 0 fully saturated rings. The zero-order valence-corrected chi connectivity index (χ0v) is 13.0. The molecule has 7 heteroatoms. The van der Waals surface area contributed by atoms with Gasteiger partial charge in [-0.2, -0.15) is 4.98 Å². The van der Waals surface area contributed by atoms with E-state index in [2.05, 4.69) is 20.8 Å². The summed E-state index contributed by atoms with van der Waals surface area (Å²) >= 11 is 0. The molecule has 0 aliphatic carbocycles. The van der Waals surface area contributed by atoms with Crippen molar-refractivity contribution < 1.29 is 14.1 Å². The molecule has 2 N–H and O–H groups in total. The highest BCUT2D eigenvalue weighted by Crippen LogP contribution is 2.17. The topological polar surface area (TPSA) is 89.3 Å². The number of hydrogen-bond donors (Lipinski definition) is 2. The Morgan fingerprint density at radius 3 is 2.79 bits per heavy atom. The average Bonchev–Trinajstić information content (AvgIpc) is 3.10. The number of rotatable bonds is 5. The molecule has 0 saturated heterocycles. The summed E-state index contributed by atoms with van der Waals surface area (Å²) in [5.41, 5.74) is 1.48. The number of nitrogens with zero attached hydrogens (tertiary/aromatic N) is 2. The van der Waals surface area contributed by atoms with Gasteiger partial charge in [0.15, 0.2) is 0 Å². The second kappa shape index (κ2) is 7.28. The van der Waals surface area contributed by atoms with Crippen molar-refractivity contribution in [3.63, 3.8) is 0 Å². The second-order valence-corrected chi connectivity index (χ2v) is 4.92. The molecule has 0 aliphatic rings. The second-order valence-electron chi connectivity index (χ2n) is 4.92. The molecule has 3 aromatic rings. The van der Waals surface area contributed by atoms with Crippen LogP contribution in [0.5, 0.6) is 5.75 Å². The normalized spacial score (nSPS) is 10.2. The number of urea groups is 1. The lowest BCUT2D eigenvalue weighted by Crippen LogP contribution is -2.28. The van der Waals surface area contributed by atoms with Gasteiger partial charge in [0.05, 0.1) is 13.7 Å². The standard InChI is InChI=1S/C17H16N4O3/c1-23-14-9-5-8-13(10-14)19-17(22)18-11-15-20-16(21-24-15)12-6-3-2-4-7-12/h2-10H,11H2,1H3,(H2,18,19,22). The number of aromatic nitrogens is 2. The molecule has 1 aromatic heterocycles. The number of carbonyl (C=O) groups excluding carboxylic acids is 1. The molecule has 24 heavy (non-hydrogen) atoms. The Balaban J connectivity index is 1.56. The molecular formula is C17H16N4O3. The van der Waals surface area contributed by atoms with Crippen LogP contribution in [0.4, 0.5) is 10.5 Å². The number of nitrogens with one attached hydrogen (secondary N) is 2. The monoisotopic (exact) mass is 324 g/mol. The third-order valence-electron chi connectivity index (χ3n) is 3.23. The summed E-state index contributed by atoms with van der Waals surface area (Å²) in [6, 6.07) is 16.2. The van der Waals surface area contributed by atoms with Gasteiger partial charge in [0, 0.05) is 17.3 Å². The molecule has 0 radical (unpaired) electrons. The Hall–Kier alpha value is -3.35. The van der Waals surface area contributed by atoms with E-state index in [9.17, 15) is 4.79 Å². The SMILES string of the molecule is COc1cccc(NC(=O)NCc2nc(-c3ccccc3)no2)c1. The molecule has 0 saturated carbocycles. The molecule has 0 aliphatic heterocycles. The van der Waals surface area contributed by atoms with Crippen LogP contribution in [0.1, 0.15) is 5.89 Å². The molecule has 2 amide bonds. The first-order valence-electron chi connectivity index (χ1n) is 7.31. The lowest BCUT2D eigenvalue weighted by atomic mass is 10.2. The van der Waals surface area contributed by atoms with Crippen LogP contribution in [0.25, 0.3) is 11.4 Å². The van der Waals surface area contributed by atoms with Crippen LogP contribution in [0, 0.1) is 0 Å². The number of amides is 2. The third kappa shape index (κ3) is 3.89. The molecule has 1 heterocycles. The predicted molar refractivity (Wildman–Crippen MR) is 88.6 cm³/mol. The maximum absolute atomic E-state index is 11.9. The first-order valence-corrected chi connectivity index (χ1v) is 7.31. The maximum atomic E-state index is 11.9. The third-order valence-corrected chi connectivity index (χ3v) is 3.23. The van der Waals surface area contributed by atoms with Crippen LogP contribution in [0.15, 0.2) is 59.1 Å². The number of hydrogen-bond acceptors (Lipinski definition) is 5. The van der Waals surface area contributed by atoms with E-state index in [0.717, 1.165) is 5.56 Å². The van der Waals surface area contributed by atoms with Gasteiger partial charge in [-0.3, -0.25) is 0 Å². The average molecular weight is 324 g/mol. The number of methoxy groups -OCH3 is 1. The van der Waals surface area contributed by atoms with Gasteiger partial charge in [0.1, 0.15) is 5.75 Å². The minimum absolute atomic E-state index is 0.135. The summed E-state index contributed by atoms with van der Waals surface area (Å²) in [5.74, 6) is 1.48. The highest BCUT2D eigenvalue weighted by atomic mass is 16.5. The lowest BCUT2D eigenvalue weighted by Gasteiger charge is -2.07. The highest BCUT2D eigenvalue weighted by molar-refractivity contribution is 5.89. The molecule has 0 atom stereocenters. The van der Waals surface area contributed by atoms with E-state index in [-0.39, 0.29) is 12.6 Å². The van der Waals surface area contributed by atoms with Gasteiger partial charge >= 0.3 is 6.03 Å². The van der Waals surface area contributed by atoms with Crippen molar-refractivity contribution in [1.29, 1.82) is 0 Å². The minimum atomic E-state index is -0.372. The number of carbonyl (C=O) groups is 1. The van der Waals surface area contributed by atoms with Gasteiger partial charge in [-0.25, -0.2) is 4.79 Å². The largest absolute Gasteiger partial charge is 0.497 e. The minimum Gasteiger partial charge on any atom is -0.497 e. The van der Waals surface area contributed by atoms with Crippen LogP contribution in [0.3, 0.4) is 0 Å². The van der Waals surface area contributed by atoms with Gasteiger partial charge in [0.2, 0.25) is 11.7 Å². The van der Waals surface area contributed by atoms with Crippen molar-refractivity contribution >= 4 is 11.7 Å². The first kappa shape index (κ1) is 15.5. The first-order chi connectivity index (χ1) is 11.7. The van der Waals surface area contributed by atoms with Crippen LogP contribution >= 0.6 is 0 Å². The summed E-state index contributed by atoms with van der Waals surface area (Å²) in [4.78, 5) is 16.2. The van der Waals surface area contributed by atoms with Gasteiger partial charge < -0.3 is 19.9 Å². The van der Waals surface area contributed by atoms with E-state index in [4.69, 9.17) is 9.26 Å². The van der Waals surface area contributed by atoms with Gasteiger partial charge in [-0.1, -0.05) is 41.6 Å². The molecule has 0 unspecified atom stereocenters. The Morgan fingerprint density at radius 1 is 1.17 bits per heavy atom. The van der Waals surface area contributed by atoms with Crippen molar-refractivity contribution in [2.45, 2.75) is 6.54 Å². The quantitative estimate of drug-likeness (QED) is 0.753. The Kier molecular flexibility index (Phi) is 4.71. The van der Waals surface area contributed by atoms with Crippen molar-refractivity contribution in [3.8, 4) is 17.1 Å². The van der Waals surface area contributed by atoms with E-state index >= 15 is 0 Å². The van der Waals surface area contributed by atoms with Gasteiger partial charge in [-0.15, -0.1) is 0 Å². The highest BCUT2D eigenvalue weighted by Gasteiger charge is 2.09. The molecule has 7 nitrogen and oxygen atoms in total. The van der Waals surface area contributed by atoms with Crippen molar-refractivity contribution in [2.24, 2.45) is 0 Å². The van der Waals surface area contributed by atoms with Crippen LogP contribution in [0.2, 0.25) is 0 Å². The predicted octanol–water partition coefficient (Wildman–Crippen LogP) is 3.07. The number of anilines is 1. The zero-order valence-electron chi connectivity index (χ0n) is 13.0. The fraction of sp³-hybridized carbons (Fsp3) is 0.118. The van der Waals surface area contributed by atoms with Gasteiger partial charge in [-0.05, 0) is 12.1 Å². The summed E-state index contributed by atoms with van der Waals surface area (Å²) < 4.78 is 10.2. The van der Waals surface area contributed by atoms with E-state index in [1.54, 1.807) is 31.4 Å². The van der Waals surface area contributed by atoms with E-state index in [0.29, 0.717) is 23.2 Å². The van der Waals surface area contributed by atoms with Crippen LogP contribution in [-0.2, 0) is 6.54 Å². The van der Waals surface area contributed by atoms with Crippen molar-refractivity contribution in [2.75, 3.05) is 12.4 Å². The number of benzene rings is 2. The Bertz CT molecular complexity index is 817. The molecular weight excluding hydrogens is 308 g/mol. The van der Waals surface area contributed by atoms with Crippen LogP contribution < -0.4 is 15.4 Å². The van der Waals surface area contributed by atoms with E-state index in [1.807, 2.05) is 30.3 Å². The van der Waals surface area contributed by atoms with E-state index < -0.39 is 0 Å². The Morgan fingerprint density at radius 2 is 2.00 bits per heavy atom. The summed E-state index contributed by atoms with van der Waals surface area (Å²) in [5, 5.41) is 9.26. The zero-order chi connectivity index (χ0) is 16.8. The molecule has 0 spiro atoms. The molecule has 3 rings (SSSR count). The smallest absolute Gasteiger partial charge is 0.319 e. The lowest BCUT2D eigenvalue weighted by molar-refractivity contribution is 0.249. The fourth-order valence-electron chi connectivity index (χ4n) is 2.06. The molecule has 0 bridgehead atoms. The van der Waals surface area contributed by atoms with Crippen molar-refractivity contribution in [1.82, 2.24) is 15.5 Å². The van der Waals surface area contributed by atoms with Crippen LogP contribution in [-0.4, -0.2) is 23.3 Å². The van der Waals surface area contributed by atoms with Gasteiger partial charge in [0.25, 0.3) is 0 Å². The van der Waals surface area contributed by atoms with E-state index in [1.165, 1.54) is 0 Å². The molecule has 122 valence electrons. The fourth-order valence-corrected chi connectivity index (χ4v) is 2.06.